The number of ether oxygens (including phenoxy) is 2. The van der Waals surface area contributed by atoms with Crippen molar-refractivity contribution in [2.45, 2.75) is 6.36 Å². The normalized spacial score (nSPS) is 10.7. The summed E-state index contributed by atoms with van der Waals surface area (Å²) in [5.74, 6) is -4.05. The van der Waals surface area contributed by atoms with E-state index in [-0.39, 0.29) is 5.56 Å². The highest BCUT2D eigenvalue weighted by Crippen LogP contribution is 2.30. The molecule has 1 aromatic rings. The van der Waals surface area contributed by atoms with Gasteiger partial charge < -0.3 is 9.47 Å². The summed E-state index contributed by atoms with van der Waals surface area (Å²) in [6.45, 7) is 0. The van der Waals surface area contributed by atoms with Crippen LogP contribution in [0.15, 0.2) is 12.1 Å². The quantitative estimate of drug-likeness (QED) is 0.607. The number of nitrogens with zero attached hydrogens (tertiary/aromatic N) is 1. The van der Waals surface area contributed by atoms with Gasteiger partial charge in [0.05, 0.1) is 18.7 Å². The van der Waals surface area contributed by atoms with E-state index in [4.69, 9.17) is 5.26 Å². The summed E-state index contributed by atoms with van der Waals surface area (Å²) < 4.78 is 57.1. The first-order chi connectivity index (χ1) is 8.28. The zero-order valence-corrected chi connectivity index (χ0v) is 8.84. The zero-order chi connectivity index (χ0) is 13.9. The molecule has 1 aromatic carbocycles. The van der Waals surface area contributed by atoms with Crippen molar-refractivity contribution in [1.82, 2.24) is 0 Å². The number of methoxy groups -OCH3 is 1. The maximum absolute atomic E-state index is 13.3. The van der Waals surface area contributed by atoms with Crippen LogP contribution in [0.25, 0.3) is 0 Å². The third-order valence-corrected chi connectivity index (χ3v) is 1.80. The topological polar surface area (TPSA) is 59.3 Å². The van der Waals surface area contributed by atoms with E-state index in [1.165, 1.54) is 6.07 Å². The Kier molecular flexibility index (Phi) is 3.76. The van der Waals surface area contributed by atoms with Gasteiger partial charge in [-0.3, -0.25) is 0 Å². The van der Waals surface area contributed by atoms with Crippen LogP contribution < -0.4 is 4.74 Å². The molecule has 0 saturated heterocycles. The number of rotatable bonds is 2. The molecule has 0 aliphatic carbocycles. The van der Waals surface area contributed by atoms with Gasteiger partial charge in [0.25, 0.3) is 0 Å². The molecule has 0 amide bonds. The summed E-state index contributed by atoms with van der Waals surface area (Å²) in [6.07, 6.45) is -5.17. The van der Waals surface area contributed by atoms with Gasteiger partial charge in [-0.25, -0.2) is 9.18 Å². The number of halogens is 4. The molecule has 0 heterocycles. The van der Waals surface area contributed by atoms with Gasteiger partial charge in [0.2, 0.25) is 0 Å². The van der Waals surface area contributed by atoms with E-state index < -0.39 is 29.5 Å². The second-order valence-corrected chi connectivity index (χ2v) is 2.99. The second-order valence-electron chi connectivity index (χ2n) is 2.99. The van der Waals surface area contributed by atoms with Crippen molar-refractivity contribution >= 4 is 5.97 Å². The number of esters is 1. The van der Waals surface area contributed by atoms with Gasteiger partial charge in [-0.1, -0.05) is 0 Å². The summed E-state index contributed by atoms with van der Waals surface area (Å²) in [4.78, 5) is 11.2. The van der Waals surface area contributed by atoms with Gasteiger partial charge in [-0.05, 0) is 12.1 Å². The number of benzene rings is 1. The third-order valence-electron chi connectivity index (χ3n) is 1.80. The Morgan fingerprint density at radius 1 is 1.39 bits per heavy atom. The predicted octanol–water partition coefficient (Wildman–Crippen LogP) is 2.38. The molecule has 0 spiro atoms. The summed E-state index contributed by atoms with van der Waals surface area (Å²) >= 11 is 0. The van der Waals surface area contributed by atoms with Gasteiger partial charge in [-0.2, -0.15) is 5.26 Å². The van der Waals surface area contributed by atoms with E-state index in [0.29, 0.717) is 6.07 Å². The molecule has 0 N–H and O–H groups in total. The van der Waals surface area contributed by atoms with Crippen LogP contribution in [-0.2, 0) is 4.74 Å². The third kappa shape index (κ3) is 3.10. The van der Waals surface area contributed by atoms with E-state index in [1.807, 2.05) is 0 Å². The first-order valence-corrected chi connectivity index (χ1v) is 4.36. The average Bonchev–Trinajstić information content (AvgIpc) is 2.28. The Morgan fingerprint density at radius 3 is 2.44 bits per heavy atom. The Morgan fingerprint density at radius 2 is 2.00 bits per heavy atom. The van der Waals surface area contributed by atoms with Gasteiger partial charge in [0.15, 0.2) is 11.6 Å². The number of carbonyl (C=O) groups excluding carboxylic acids is 1. The average molecular weight is 263 g/mol. The maximum atomic E-state index is 13.3. The Hall–Kier alpha value is -2.30. The Labute approximate surface area is 98.3 Å². The first-order valence-electron chi connectivity index (χ1n) is 4.36. The van der Waals surface area contributed by atoms with Crippen molar-refractivity contribution in [2.75, 3.05) is 7.11 Å². The lowest BCUT2D eigenvalue weighted by Crippen LogP contribution is -2.20. The molecule has 96 valence electrons. The molecule has 0 aliphatic rings. The fraction of sp³-hybridized carbons (Fsp3) is 0.200. The maximum Gasteiger partial charge on any atom is 0.573 e. The predicted molar refractivity (Wildman–Crippen MR) is 49.1 cm³/mol. The van der Waals surface area contributed by atoms with Crippen LogP contribution in [0.4, 0.5) is 17.6 Å². The summed E-state index contributed by atoms with van der Waals surface area (Å²) in [5, 5.41) is 8.53. The molecular formula is C10H5F4NO3. The molecule has 18 heavy (non-hydrogen) atoms. The van der Waals surface area contributed by atoms with Crippen LogP contribution in [-0.4, -0.2) is 19.4 Å². The number of hydrogen-bond acceptors (Lipinski definition) is 4. The first kappa shape index (κ1) is 13.8. The minimum Gasteiger partial charge on any atom is -0.465 e. The summed E-state index contributed by atoms with van der Waals surface area (Å²) in [5.41, 5.74) is -1.14. The number of alkyl halides is 3. The van der Waals surface area contributed by atoms with Gasteiger partial charge in [0.1, 0.15) is 5.56 Å². The van der Waals surface area contributed by atoms with Crippen molar-refractivity contribution in [3.8, 4) is 11.8 Å². The van der Waals surface area contributed by atoms with E-state index in [1.54, 1.807) is 0 Å². The molecule has 0 saturated carbocycles. The minimum atomic E-state index is -5.17. The minimum absolute atomic E-state index is 0.331. The fourth-order valence-corrected chi connectivity index (χ4v) is 1.14. The molecule has 0 radical (unpaired) electrons. The monoisotopic (exact) mass is 263 g/mol. The molecule has 8 heteroatoms. The number of hydrogen-bond donors (Lipinski definition) is 0. The van der Waals surface area contributed by atoms with E-state index in [2.05, 4.69) is 9.47 Å². The van der Waals surface area contributed by atoms with Crippen LogP contribution in [0.3, 0.4) is 0 Å². The SMILES string of the molecule is COC(=O)c1cc(C#N)cc(F)c1OC(F)(F)F. The number of carbonyl (C=O) groups is 1. The zero-order valence-electron chi connectivity index (χ0n) is 8.84. The molecular weight excluding hydrogens is 258 g/mol. The highest BCUT2D eigenvalue weighted by Gasteiger charge is 2.35. The molecule has 0 aromatic heterocycles. The van der Waals surface area contributed by atoms with Crippen molar-refractivity contribution in [3.63, 3.8) is 0 Å². The highest BCUT2D eigenvalue weighted by atomic mass is 19.4. The summed E-state index contributed by atoms with van der Waals surface area (Å²) in [7, 11) is 0.899. The molecule has 0 aliphatic heterocycles. The molecule has 0 fully saturated rings. The molecule has 0 unspecified atom stereocenters. The van der Waals surface area contributed by atoms with Gasteiger partial charge in [0, 0.05) is 0 Å². The van der Waals surface area contributed by atoms with Gasteiger partial charge in [-0.15, -0.1) is 13.2 Å². The van der Waals surface area contributed by atoms with Crippen LogP contribution in [0.1, 0.15) is 15.9 Å². The standard InChI is InChI=1S/C10H5F4NO3/c1-17-9(16)6-2-5(4-15)3-7(11)8(6)18-10(12,13)14/h2-3H,1H3. The van der Waals surface area contributed by atoms with Crippen molar-refractivity contribution in [3.05, 3.63) is 29.1 Å². The molecule has 4 nitrogen and oxygen atoms in total. The highest BCUT2D eigenvalue weighted by molar-refractivity contribution is 5.93. The van der Waals surface area contributed by atoms with Gasteiger partial charge >= 0.3 is 12.3 Å². The van der Waals surface area contributed by atoms with Crippen LogP contribution in [0, 0.1) is 17.1 Å². The van der Waals surface area contributed by atoms with Crippen molar-refractivity contribution in [1.29, 1.82) is 5.26 Å². The fourth-order valence-electron chi connectivity index (χ4n) is 1.14. The number of nitriles is 1. The Bertz CT molecular complexity index is 519. The van der Waals surface area contributed by atoms with Crippen LogP contribution >= 0.6 is 0 Å². The van der Waals surface area contributed by atoms with E-state index >= 15 is 0 Å². The lowest BCUT2D eigenvalue weighted by molar-refractivity contribution is -0.275. The van der Waals surface area contributed by atoms with Crippen molar-refractivity contribution < 1.29 is 31.8 Å². The lowest BCUT2D eigenvalue weighted by atomic mass is 10.1. The van der Waals surface area contributed by atoms with Crippen LogP contribution in [0.2, 0.25) is 0 Å². The second kappa shape index (κ2) is 4.91. The largest absolute Gasteiger partial charge is 0.573 e. The Balaban J connectivity index is 3.39. The smallest absolute Gasteiger partial charge is 0.465 e. The molecule has 1 rings (SSSR count). The molecule has 0 bridgehead atoms. The van der Waals surface area contributed by atoms with Crippen LogP contribution in [0.5, 0.6) is 5.75 Å². The summed E-state index contributed by atoms with van der Waals surface area (Å²) in [6, 6.07) is 2.76. The van der Waals surface area contributed by atoms with E-state index in [9.17, 15) is 22.4 Å². The van der Waals surface area contributed by atoms with E-state index in [0.717, 1.165) is 13.2 Å². The lowest BCUT2D eigenvalue weighted by Gasteiger charge is -2.13. The molecule has 0 atom stereocenters. The van der Waals surface area contributed by atoms with Crippen molar-refractivity contribution in [2.24, 2.45) is 0 Å².